The topological polar surface area (TPSA) is 101 Å². The minimum atomic E-state index is -0.269. The number of hydrogen-bond acceptors (Lipinski definition) is 6. The Labute approximate surface area is 178 Å². The van der Waals surface area contributed by atoms with Gasteiger partial charge in [0, 0.05) is 48.1 Å². The van der Waals surface area contributed by atoms with Crippen molar-refractivity contribution in [3.63, 3.8) is 0 Å². The maximum absolute atomic E-state index is 13.5. The van der Waals surface area contributed by atoms with Crippen LogP contribution in [0.1, 0.15) is 58.0 Å². The molecule has 0 radical (unpaired) electrons. The van der Waals surface area contributed by atoms with Crippen molar-refractivity contribution in [2.45, 2.75) is 31.2 Å². The van der Waals surface area contributed by atoms with Gasteiger partial charge in [0.15, 0.2) is 0 Å². The maximum atomic E-state index is 13.5. The Kier molecular flexibility index (Phi) is 4.15. The first-order valence-electron chi connectivity index (χ1n) is 10.4. The van der Waals surface area contributed by atoms with Crippen LogP contribution in [0.5, 0.6) is 0 Å². The van der Waals surface area contributed by atoms with Crippen LogP contribution in [0, 0.1) is 0 Å². The van der Waals surface area contributed by atoms with Gasteiger partial charge >= 0.3 is 0 Å². The SMILES string of the molecule is O=C(c1ccc(-c2noc(C3CC3)n2)cc1)N1CCc2[nH]cnc2C1c1cccnc1. The normalized spacial score (nSPS) is 18.1. The number of aromatic nitrogens is 5. The second kappa shape index (κ2) is 7.16. The van der Waals surface area contributed by atoms with Gasteiger partial charge < -0.3 is 14.4 Å². The smallest absolute Gasteiger partial charge is 0.254 e. The molecule has 4 heterocycles. The molecule has 0 bridgehead atoms. The van der Waals surface area contributed by atoms with Crippen molar-refractivity contribution in [3.8, 4) is 11.4 Å². The molecule has 8 heteroatoms. The molecule has 4 aromatic rings. The van der Waals surface area contributed by atoms with Gasteiger partial charge in [-0.2, -0.15) is 4.98 Å². The van der Waals surface area contributed by atoms with E-state index in [1.807, 2.05) is 41.3 Å². The molecule has 1 aliphatic carbocycles. The number of carbonyl (C=O) groups is 1. The number of benzene rings is 1. The van der Waals surface area contributed by atoms with E-state index in [1.54, 1.807) is 18.7 Å². The van der Waals surface area contributed by atoms with Gasteiger partial charge in [-0.15, -0.1) is 0 Å². The van der Waals surface area contributed by atoms with Crippen LogP contribution in [0.4, 0.5) is 0 Å². The highest BCUT2D eigenvalue weighted by atomic mass is 16.5. The highest BCUT2D eigenvalue weighted by Crippen LogP contribution is 2.39. The molecular formula is C23H20N6O2. The van der Waals surface area contributed by atoms with E-state index in [2.05, 4.69) is 25.1 Å². The second-order valence-corrected chi connectivity index (χ2v) is 8.01. The Hall–Kier alpha value is -3.81. The van der Waals surface area contributed by atoms with Crippen molar-refractivity contribution in [1.82, 2.24) is 30.0 Å². The van der Waals surface area contributed by atoms with Crippen molar-refractivity contribution < 1.29 is 9.32 Å². The molecule has 1 aromatic carbocycles. The predicted molar refractivity (Wildman–Crippen MR) is 111 cm³/mol. The Morgan fingerprint density at radius 2 is 2.03 bits per heavy atom. The van der Waals surface area contributed by atoms with E-state index in [1.165, 1.54) is 0 Å². The molecule has 8 nitrogen and oxygen atoms in total. The van der Waals surface area contributed by atoms with Gasteiger partial charge in [0.1, 0.15) is 6.04 Å². The lowest BCUT2D eigenvalue weighted by Crippen LogP contribution is -2.40. The summed E-state index contributed by atoms with van der Waals surface area (Å²) in [5, 5.41) is 4.08. The van der Waals surface area contributed by atoms with Gasteiger partial charge in [0.25, 0.3) is 5.91 Å². The number of rotatable bonds is 4. The van der Waals surface area contributed by atoms with Crippen molar-refractivity contribution in [2.75, 3.05) is 6.54 Å². The van der Waals surface area contributed by atoms with Crippen molar-refractivity contribution >= 4 is 5.91 Å². The molecule has 1 fully saturated rings. The second-order valence-electron chi connectivity index (χ2n) is 8.01. The van der Waals surface area contributed by atoms with Crippen molar-refractivity contribution in [3.05, 3.63) is 83.5 Å². The molecule has 1 amide bonds. The van der Waals surface area contributed by atoms with E-state index in [9.17, 15) is 4.79 Å². The lowest BCUT2D eigenvalue weighted by Gasteiger charge is -2.35. The molecule has 1 N–H and O–H groups in total. The van der Waals surface area contributed by atoms with Gasteiger partial charge in [-0.25, -0.2) is 4.98 Å². The van der Waals surface area contributed by atoms with E-state index in [0.29, 0.717) is 29.7 Å². The minimum absolute atomic E-state index is 0.0409. The van der Waals surface area contributed by atoms with Gasteiger partial charge in [-0.05, 0) is 36.6 Å². The van der Waals surface area contributed by atoms with E-state index in [0.717, 1.165) is 41.8 Å². The number of nitrogens with one attached hydrogen (secondary N) is 1. The molecular weight excluding hydrogens is 392 g/mol. The molecule has 1 atom stereocenters. The van der Waals surface area contributed by atoms with Crippen LogP contribution in [0.25, 0.3) is 11.4 Å². The fraction of sp³-hybridized carbons (Fsp3) is 0.261. The molecule has 0 spiro atoms. The van der Waals surface area contributed by atoms with Crippen LogP contribution in [0.15, 0.2) is 59.6 Å². The summed E-state index contributed by atoms with van der Waals surface area (Å²) in [6.07, 6.45) is 8.18. The molecule has 0 saturated heterocycles. The number of H-pyrrole nitrogens is 1. The van der Waals surface area contributed by atoms with E-state index in [4.69, 9.17) is 4.52 Å². The summed E-state index contributed by atoms with van der Waals surface area (Å²) in [6.45, 7) is 0.602. The monoisotopic (exact) mass is 412 g/mol. The molecule has 6 rings (SSSR count). The van der Waals surface area contributed by atoms with Crippen molar-refractivity contribution in [2.24, 2.45) is 0 Å². The fourth-order valence-electron chi connectivity index (χ4n) is 4.15. The fourth-order valence-corrected chi connectivity index (χ4v) is 4.15. The third kappa shape index (κ3) is 3.20. The van der Waals surface area contributed by atoms with E-state index >= 15 is 0 Å². The quantitative estimate of drug-likeness (QED) is 0.550. The standard InChI is InChI=1S/C23H20N6O2/c30-23(16-7-3-14(4-8-16)21-27-22(31-28-21)15-5-6-15)29-11-9-18-19(26-13-25-18)20(29)17-2-1-10-24-12-17/h1-4,7-8,10,12-13,15,20H,5-6,9,11H2,(H,25,26). The Balaban J connectivity index is 1.30. The van der Waals surface area contributed by atoms with Gasteiger partial charge in [-0.1, -0.05) is 23.4 Å². The van der Waals surface area contributed by atoms with Crippen LogP contribution in [-0.4, -0.2) is 42.4 Å². The van der Waals surface area contributed by atoms with Gasteiger partial charge in [-0.3, -0.25) is 9.78 Å². The molecule has 2 aliphatic rings. The zero-order valence-electron chi connectivity index (χ0n) is 16.7. The summed E-state index contributed by atoms with van der Waals surface area (Å²) in [6, 6.07) is 11.0. The van der Waals surface area contributed by atoms with Crippen molar-refractivity contribution in [1.29, 1.82) is 0 Å². The minimum Gasteiger partial charge on any atom is -0.348 e. The average Bonchev–Trinajstić information content (AvgIpc) is 3.35. The summed E-state index contributed by atoms with van der Waals surface area (Å²) in [4.78, 5) is 31.8. The first kappa shape index (κ1) is 18.0. The predicted octanol–water partition coefficient (Wildman–Crippen LogP) is 3.52. The van der Waals surface area contributed by atoms with E-state index in [-0.39, 0.29) is 11.9 Å². The third-order valence-corrected chi connectivity index (χ3v) is 5.94. The maximum Gasteiger partial charge on any atom is 0.254 e. The highest BCUT2D eigenvalue weighted by molar-refractivity contribution is 5.95. The molecule has 3 aromatic heterocycles. The number of carbonyl (C=O) groups excluding carboxylic acids is 1. The largest absolute Gasteiger partial charge is 0.348 e. The summed E-state index contributed by atoms with van der Waals surface area (Å²) in [5.41, 5.74) is 4.34. The lowest BCUT2D eigenvalue weighted by atomic mass is 9.95. The number of aromatic amines is 1. The summed E-state index contributed by atoms with van der Waals surface area (Å²) in [5.74, 6) is 1.64. The zero-order chi connectivity index (χ0) is 20.8. The number of fused-ring (bicyclic) bond motifs is 1. The molecule has 1 unspecified atom stereocenters. The number of pyridine rings is 1. The molecule has 1 saturated carbocycles. The van der Waals surface area contributed by atoms with Crippen LogP contribution < -0.4 is 0 Å². The van der Waals surface area contributed by atoms with Crippen LogP contribution in [0.3, 0.4) is 0 Å². The first-order chi connectivity index (χ1) is 15.3. The Morgan fingerprint density at radius 1 is 1.16 bits per heavy atom. The highest BCUT2D eigenvalue weighted by Gasteiger charge is 2.35. The molecule has 154 valence electrons. The summed E-state index contributed by atoms with van der Waals surface area (Å²) < 4.78 is 5.35. The average molecular weight is 412 g/mol. The number of imidazole rings is 1. The zero-order valence-corrected chi connectivity index (χ0v) is 16.7. The number of amides is 1. The summed E-state index contributed by atoms with van der Waals surface area (Å²) >= 11 is 0. The summed E-state index contributed by atoms with van der Waals surface area (Å²) in [7, 11) is 0. The van der Waals surface area contributed by atoms with Gasteiger partial charge in [0.2, 0.25) is 11.7 Å². The Bertz CT molecular complexity index is 1230. The van der Waals surface area contributed by atoms with Crippen LogP contribution in [0.2, 0.25) is 0 Å². The lowest BCUT2D eigenvalue weighted by molar-refractivity contribution is 0.0690. The third-order valence-electron chi connectivity index (χ3n) is 5.94. The molecule has 31 heavy (non-hydrogen) atoms. The van der Waals surface area contributed by atoms with E-state index < -0.39 is 0 Å². The van der Waals surface area contributed by atoms with Crippen LogP contribution in [-0.2, 0) is 6.42 Å². The molecule has 1 aliphatic heterocycles. The Morgan fingerprint density at radius 3 is 2.81 bits per heavy atom. The number of hydrogen-bond donors (Lipinski definition) is 1. The number of nitrogens with zero attached hydrogens (tertiary/aromatic N) is 5. The first-order valence-corrected chi connectivity index (χ1v) is 10.4. The van der Waals surface area contributed by atoms with Crippen LogP contribution >= 0.6 is 0 Å². The van der Waals surface area contributed by atoms with Gasteiger partial charge in [0.05, 0.1) is 12.0 Å².